The summed E-state index contributed by atoms with van der Waals surface area (Å²) >= 11 is 0. The Morgan fingerprint density at radius 3 is 1.81 bits per heavy atom. The van der Waals surface area contributed by atoms with Crippen molar-refractivity contribution in [3.05, 3.63) is 0 Å². The highest BCUT2D eigenvalue weighted by atomic mass is 19.3. The van der Waals surface area contributed by atoms with E-state index < -0.39 is 34.3 Å². The van der Waals surface area contributed by atoms with Gasteiger partial charge in [0, 0.05) is 11.7 Å². The first-order chi connectivity index (χ1) is 7.22. The number of likely N-dealkylation sites (N-methyl/N-ethyl adjacent to an activating group) is 1. The molecule has 0 saturated carbocycles. The largest absolute Gasteiger partial charge is 0.402 e. The van der Waals surface area contributed by atoms with Crippen molar-refractivity contribution in [3.63, 3.8) is 0 Å². The summed E-state index contributed by atoms with van der Waals surface area (Å²) in [6, 6.07) is -3.39. The molecule has 0 amide bonds. The Balaban J connectivity index is 3.50. The monoisotopic (exact) mass is 240 g/mol. The molecule has 1 aliphatic rings. The molecule has 88 valence electrons. The van der Waals surface area contributed by atoms with E-state index in [0.29, 0.717) is 0 Å². The standard InChI is InChI=1S/C7H5F5N4/c1-2-15-5(3-13,4-14)6(8,9)16(12)7(15,10)11/h2H2,1H3. The fraction of sp³-hybridized carbons (Fsp3) is 0.714. The molecule has 1 rings (SSSR count). The fourth-order valence-corrected chi connectivity index (χ4v) is 1.49. The van der Waals surface area contributed by atoms with Gasteiger partial charge in [0.15, 0.2) is 0 Å². The van der Waals surface area contributed by atoms with Gasteiger partial charge >= 0.3 is 12.2 Å². The van der Waals surface area contributed by atoms with Crippen LogP contribution in [-0.4, -0.2) is 34.3 Å². The van der Waals surface area contributed by atoms with E-state index in [1.54, 1.807) is 0 Å². The molecular formula is C7H5F5N4. The second-order valence-corrected chi connectivity index (χ2v) is 3.01. The Bertz CT molecular complexity index is 367. The van der Waals surface area contributed by atoms with E-state index in [-0.39, 0.29) is 0 Å². The number of halogens is 5. The van der Waals surface area contributed by atoms with Gasteiger partial charge in [0.1, 0.15) is 12.1 Å². The van der Waals surface area contributed by atoms with Crippen molar-refractivity contribution in [1.82, 2.24) is 10.0 Å². The summed E-state index contributed by atoms with van der Waals surface area (Å²) in [5.74, 6) is 0. The highest BCUT2D eigenvalue weighted by Crippen LogP contribution is 2.52. The van der Waals surface area contributed by atoms with E-state index in [1.165, 1.54) is 0 Å². The number of hydrogen-bond donors (Lipinski definition) is 0. The van der Waals surface area contributed by atoms with Crippen molar-refractivity contribution < 1.29 is 22.0 Å². The SMILES string of the molecule is CCN1C(F)(F)N(F)C(F)(F)C1(C#N)C#N. The molecule has 1 aliphatic heterocycles. The van der Waals surface area contributed by atoms with E-state index in [4.69, 9.17) is 10.5 Å². The summed E-state index contributed by atoms with van der Waals surface area (Å²) in [6.07, 6.45) is -4.70. The van der Waals surface area contributed by atoms with Crippen LogP contribution in [0.4, 0.5) is 22.0 Å². The van der Waals surface area contributed by atoms with Crippen LogP contribution in [0.25, 0.3) is 0 Å². The highest BCUT2D eigenvalue weighted by molar-refractivity contribution is 5.31. The maximum Gasteiger partial charge on any atom is 0.402 e. The molecule has 1 saturated heterocycles. The van der Waals surface area contributed by atoms with E-state index >= 15 is 0 Å². The predicted octanol–water partition coefficient (Wildman–Crippen LogP) is 1.44. The quantitative estimate of drug-likeness (QED) is 0.395. The minimum atomic E-state index is -4.91. The third-order valence-electron chi connectivity index (χ3n) is 2.29. The van der Waals surface area contributed by atoms with Crippen molar-refractivity contribution in [1.29, 1.82) is 10.5 Å². The maximum absolute atomic E-state index is 13.2. The molecule has 0 spiro atoms. The molecule has 0 radical (unpaired) electrons. The van der Waals surface area contributed by atoms with Crippen molar-refractivity contribution >= 4 is 0 Å². The van der Waals surface area contributed by atoms with Crippen molar-refractivity contribution in [2.24, 2.45) is 0 Å². The van der Waals surface area contributed by atoms with Crippen LogP contribution in [0.3, 0.4) is 0 Å². The van der Waals surface area contributed by atoms with Crippen molar-refractivity contribution in [3.8, 4) is 12.1 Å². The lowest BCUT2D eigenvalue weighted by Gasteiger charge is -2.27. The second kappa shape index (κ2) is 3.27. The van der Waals surface area contributed by atoms with Gasteiger partial charge in [-0.05, 0) is 0 Å². The summed E-state index contributed by atoms with van der Waals surface area (Å²) in [6.45, 7) is 0.219. The minimum Gasteiger partial charge on any atom is -0.195 e. The molecule has 0 aromatic rings. The van der Waals surface area contributed by atoms with Crippen LogP contribution < -0.4 is 0 Å². The summed E-state index contributed by atoms with van der Waals surface area (Å²) < 4.78 is 65.2. The molecule has 1 fully saturated rings. The molecule has 4 nitrogen and oxygen atoms in total. The van der Waals surface area contributed by atoms with Gasteiger partial charge in [0.2, 0.25) is 0 Å². The Morgan fingerprint density at radius 1 is 1.12 bits per heavy atom. The van der Waals surface area contributed by atoms with Crippen LogP contribution in [0.5, 0.6) is 0 Å². The zero-order valence-electron chi connectivity index (χ0n) is 7.89. The highest BCUT2D eigenvalue weighted by Gasteiger charge is 2.80. The van der Waals surface area contributed by atoms with E-state index in [1.807, 2.05) is 0 Å². The molecule has 0 aromatic carbocycles. The van der Waals surface area contributed by atoms with Crippen molar-refractivity contribution in [2.45, 2.75) is 24.7 Å². The molecule has 1 heterocycles. The second-order valence-electron chi connectivity index (χ2n) is 3.01. The number of nitrogens with zero attached hydrogens (tertiary/aromatic N) is 4. The predicted molar refractivity (Wildman–Crippen MR) is 39.2 cm³/mol. The van der Waals surface area contributed by atoms with Crippen LogP contribution >= 0.6 is 0 Å². The molecular weight excluding hydrogens is 235 g/mol. The van der Waals surface area contributed by atoms with Crippen LogP contribution in [0.2, 0.25) is 0 Å². The van der Waals surface area contributed by atoms with Gasteiger partial charge in [-0.25, -0.2) is 0 Å². The average molecular weight is 240 g/mol. The third kappa shape index (κ3) is 1.07. The number of nitriles is 2. The summed E-state index contributed by atoms with van der Waals surface area (Å²) in [5, 5.41) is 14.9. The minimum absolute atomic E-state index is 0.486. The smallest absolute Gasteiger partial charge is 0.195 e. The zero-order chi connectivity index (χ0) is 12.8. The van der Waals surface area contributed by atoms with Crippen LogP contribution in [0.15, 0.2) is 0 Å². The Morgan fingerprint density at radius 2 is 1.56 bits per heavy atom. The first kappa shape index (κ1) is 12.6. The topological polar surface area (TPSA) is 54.1 Å². The number of rotatable bonds is 1. The van der Waals surface area contributed by atoms with Gasteiger partial charge in [-0.2, -0.15) is 33.0 Å². The van der Waals surface area contributed by atoms with Gasteiger partial charge < -0.3 is 0 Å². The Hall–Kier alpha value is -1.45. The molecule has 0 aliphatic carbocycles. The lowest BCUT2D eigenvalue weighted by atomic mass is 10.0. The fourth-order valence-electron chi connectivity index (χ4n) is 1.49. The normalized spacial score (nSPS) is 27.2. The van der Waals surface area contributed by atoms with E-state index in [0.717, 1.165) is 19.1 Å². The molecule has 0 unspecified atom stereocenters. The first-order valence-electron chi connectivity index (χ1n) is 4.04. The average Bonchev–Trinajstić information content (AvgIpc) is 2.33. The van der Waals surface area contributed by atoms with E-state index in [2.05, 4.69) is 0 Å². The van der Waals surface area contributed by atoms with Crippen LogP contribution in [0.1, 0.15) is 6.92 Å². The Kier molecular flexibility index (Phi) is 2.58. The molecule has 9 heteroatoms. The zero-order valence-corrected chi connectivity index (χ0v) is 7.89. The van der Waals surface area contributed by atoms with Crippen LogP contribution in [0, 0.1) is 22.7 Å². The van der Waals surface area contributed by atoms with Gasteiger partial charge in [-0.15, -0.1) is 4.48 Å². The Labute approximate surface area is 87.0 Å². The number of alkyl halides is 4. The lowest BCUT2D eigenvalue weighted by Crippen LogP contribution is -2.54. The van der Waals surface area contributed by atoms with Gasteiger partial charge in [0.05, 0.1) is 0 Å². The lowest BCUT2D eigenvalue weighted by molar-refractivity contribution is -0.336. The maximum atomic E-state index is 13.2. The van der Waals surface area contributed by atoms with Gasteiger partial charge in [-0.1, -0.05) is 6.92 Å². The summed E-state index contributed by atoms with van der Waals surface area (Å²) in [7, 11) is 0. The molecule has 0 aromatic heterocycles. The molecule has 0 bridgehead atoms. The summed E-state index contributed by atoms with van der Waals surface area (Å²) in [5.41, 5.74) is -3.54. The number of hydrogen-bond acceptors (Lipinski definition) is 4. The van der Waals surface area contributed by atoms with Gasteiger partial charge in [-0.3, -0.25) is 0 Å². The van der Waals surface area contributed by atoms with E-state index in [9.17, 15) is 22.0 Å². The molecule has 0 N–H and O–H groups in total. The third-order valence-corrected chi connectivity index (χ3v) is 2.29. The van der Waals surface area contributed by atoms with Crippen LogP contribution in [-0.2, 0) is 0 Å². The molecule has 16 heavy (non-hydrogen) atoms. The molecule has 0 atom stereocenters. The van der Waals surface area contributed by atoms with Gasteiger partial charge in [0.25, 0.3) is 5.54 Å². The van der Waals surface area contributed by atoms with Crippen molar-refractivity contribution in [2.75, 3.05) is 6.54 Å². The first-order valence-corrected chi connectivity index (χ1v) is 4.04. The summed E-state index contributed by atoms with van der Waals surface area (Å²) in [4.78, 5) is -0.486.